The number of fused-ring (bicyclic) bond motifs is 1. The van der Waals surface area contributed by atoms with Crippen molar-refractivity contribution in [1.82, 2.24) is 9.78 Å². The van der Waals surface area contributed by atoms with E-state index in [2.05, 4.69) is 47.0 Å². The lowest BCUT2D eigenvalue weighted by Crippen LogP contribution is -2.11. The van der Waals surface area contributed by atoms with Crippen LogP contribution in [0.3, 0.4) is 0 Å². The maximum absolute atomic E-state index is 4.36. The van der Waals surface area contributed by atoms with Gasteiger partial charge in [-0.15, -0.1) is 11.8 Å². The molecule has 2 nitrogen and oxygen atoms in total. The lowest BCUT2D eigenvalue weighted by Gasteiger charge is -2.12. The van der Waals surface area contributed by atoms with Gasteiger partial charge in [0.2, 0.25) is 0 Å². The van der Waals surface area contributed by atoms with Gasteiger partial charge in [-0.2, -0.15) is 5.10 Å². The van der Waals surface area contributed by atoms with E-state index in [0.717, 1.165) is 6.54 Å². The average molecular weight is 230 g/mol. The Hall–Kier alpha value is -1.22. The molecule has 2 aromatic rings. The molecule has 1 unspecified atom stereocenters. The molecule has 3 heteroatoms. The minimum atomic E-state index is 0.611. The lowest BCUT2D eigenvalue weighted by molar-refractivity contribution is 0.537. The molecule has 0 spiro atoms. The number of aryl methyl sites for hydroxylation is 1. The molecule has 1 aromatic heterocycles. The Labute approximate surface area is 99.7 Å². The van der Waals surface area contributed by atoms with Crippen molar-refractivity contribution in [2.24, 2.45) is 0 Å². The number of rotatable bonds is 2. The van der Waals surface area contributed by atoms with Gasteiger partial charge in [0, 0.05) is 35.0 Å². The van der Waals surface area contributed by atoms with Gasteiger partial charge in [-0.1, -0.05) is 18.2 Å². The normalized spacial score (nSPS) is 18.7. The highest BCUT2D eigenvalue weighted by Crippen LogP contribution is 2.39. The van der Waals surface area contributed by atoms with Gasteiger partial charge in [0.05, 0.1) is 0 Å². The molecular formula is C13H14N2S. The highest BCUT2D eigenvalue weighted by atomic mass is 32.2. The average Bonchev–Trinajstić information content (AvgIpc) is 2.88. The highest BCUT2D eigenvalue weighted by molar-refractivity contribution is 7.99. The fraction of sp³-hybridized carbons (Fsp3) is 0.308. The van der Waals surface area contributed by atoms with Crippen molar-refractivity contribution >= 4 is 11.8 Å². The van der Waals surface area contributed by atoms with Gasteiger partial charge in [0.1, 0.15) is 0 Å². The third-order valence-corrected chi connectivity index (χ3v) is 4.37. The van der Waals surface area contributed by atoms with Crippen LogP contribution in [0.5, 0.6) is 0 Å². The van der Waals surface area contributed by atoms with Crippen LogP contribution in [0.4, 0.5) is 0 Å². The predicted molar refractivity (Wildman–Crippen MR) is 66.9 cm³/mol. The Bertz CT molecular complexity index is 504. The summed E-state index contributed by atoms with van der Waals surface area (Å²) in [4.78, 5) is 1.44. The van der Waals surface area contributed by atoms with Crippen LogP contribution in [0.25, 0.3) is 0 Å². The molecular weight excluding hydrogens is 216 g/mol. The van der Waals surface area contributed by atoms with Crippen LogP contribution < -0.4 is 0 Å². The largest absolute Gasteiger partial charge is 0.269 e. The first kappa shape index (κ1) is 9.97. The van der Waals surface area contributed by atoms with Gasteiger partial charge in [-0.05, 0) is 24.6 Å². The van der Waals surface area contributed by atoms with Crippen LogP contribution in [0.15, 0.2) is 41.4 Å². The van der Waals surface area contributed by atoms with E-state index in [1.807, 2.05) is 18.0 Å². The molecule has 0 fully saturated rings. The summed E-state index contributed by atoms with van der Waals surface area (Å²) in [5, 5.41) is 4.36. The molecule has 16 heavy (non-hydrogen) atoms. The van der Waals surface area contributed by atoms with Gasteiger partial charge >= 0.3 is 0 Å². The zero-order valence-electron chi connectivity index (χ0n) is 9.26. The van der Waals surface area contributed by atoms with E-state index in [9.17, 15) is 0 Å². The fourth-order valence-corrected chi connectivity index (χ4v) is 3.42. The third-order valence-electron chi connectivity index (χ3n) is 3.12. The van der Waals surface area contributed by atoms with E-state index in [1.54, 1.807) is 0 Å². The van der Waals surface area contributed by atoms with Crippen LogP contribution >= 0.6 is 11.8 Å². The number of nitrogens with zero attached hydrogens (tertiary/aromatic N) is 2. The maximum Gasteiger partial charge on any atom is 0.0492 e. The number of benzene rings is 1. The van der Waals surface area contributed by atoms with E-state index in [-0.39, 0.29) is 0 Å². The fourth-order valence-electron chi connectivity index (χ4n) is 2.18. The van der Waals surface area contributed by atoms with Crippen molar-refractivity contribution in [3.05, 3.63) is 47.8 Å². The Morgan fingerprint density at radius 3 is 3.06 bits per heavy atom. The van der Waals surface area contributed by atoms with E-state index in [0.29, 0.717) is 5.92 Å². The first-order valence-corrected chi connectivity index (χ1v) is 6.53. The van der Waals surface area contributed by atoms with Crippen LogP contribution in [-0.4, -0.2) is 15.5 Å². The van der Waals surface area contributed by atoms with Crippen molar-refractivity contribution in [2.75, 3.05) is 5.75 Å². The first-order valence-electron chi connectivity index (χ1n) is 5.55. The maximum atomic E-state index is 4.36. The van der Waals surface area contributed by atoms with Gasteiger partial charge in [0.25, 0.3) is 0 Å². The lowest BCUT2D eigenvalue weighted by atomic mass is 10.0. The quantitative estimate of drug-likeness (QED) is 0.789. The molecule has 0 saturated heterocycles. The molecule has 82 valence electrons. The summed E-state index contributed by atoms with van der Waals surface area (Å²) in [5.41, 5.74) is 2.73. The molecule has 0 saturated carbocycles. The molecule has 3 rings (SSSR count). The predicted octanol–water partition coefficient (Wildman–Crippen LogP) is 3.08. The number of hydrogen-bond donors (Lipinski definition) is 0. The van der Waals surface area contributed by atoms with E-state index in [1.165, 1.54) is 21.9 Å². The van der Waals surface area contributed by atoms with Gasteiger partial charge in [-0.25, -0.2) is 0 Å². The van der Waals surface area contributed by atoms with Crippen molar-refractivity contribution in [2.45, 2.75) is 24.3 Å². The topological polar surface area (TPSA) is 17.8 Å². The Morgan fingerprint density at radius 1 is 1.38 bits per heavy atom. The summed E-state index contributed by atoms with van der Waals surface area (Å²) in [7, 11) is 0. The molecule has 0 amide bonds. The Kier molecular flexibility index (Phi) is 2.48. The third kappa shape index (κ3) is 1.65. The summed E-state index contributed by atoms with van der Waals surface area (Å²) < 4.78 is 2.10. The van der Waals surface area contributed by atoms with Crippen molar-refractivity contribution < 1.29 is 0 Å². The minimum absolute atomic E-state index is 0.611. The Morgan fingerprint density at radius 2 is 2.25 bits per heavy atom. The molecule has 2 heterocycles. The smallest absolute Gasteiger partial charge is 0.0492 e. The molecule has 1 aliphatic heterocycles. The van der Waals surface area contributed by atoms with E-state index < -0.39 is 0 Å². The Balaban J connectivity index is 1.86. The summed E-state index contributed by atoms with van der Waals surface area (Å²) in [6.07, 6.45) is 1.88. The van der Waals surface area contributed by atoms with Gasteiger partial charge < -0.3 is 0 Å². The van der Waals surface area contributed by atoms with Crippen LogP contribution in [-0.2, 0) is 6.54 Å². The van der Waals surface area contributed by atoms with E-state index in [4.69, 9.17) is 0 Å². The second kappa shape index (κ2) is 3.98. The molecule has 1 atom stereocenters. The van der Waals surface area contributed by atoms with E-state index >= 15 is 0 Å². The second-order valence-corrected chi connectivity index (χ2v) is 5.26. The molecule has 0 N–H and O–H groups in total. The summed E-state index contributed by atoms with van der Waals surface area (Å²) >= 11 is 1.96. The van der Waals surface area contributed by atoms with Gasteiger partial charge in [-0.3, -0.25) is 4.68 Å². The monoisotopic (exact) mass is 230 g/mol. The SMILES string of the molecule is Cc1ccnn1CC1CSc2ccccc21. The standard InChI is InChI=1S/C13H14N2S/c1-10-6-7-14-15(10)8-11-9-16-13-5-3-2-4-12(11)13/h2-7,11H,8-9H2,1H3. The molecule has 0 radical (unpaired) electrons. The zero-order valence-corrected chi connectivity index (χ0v) is 10.1. The molecule has 1 aliphatic rings. The number of thioether (sulfide) groups is 1. The first-order chi connectivity index (χ1) is 7.84. The van der Waals surface area contributed by atoms with Crippen LogP contribution in [0, 0.1) is 6.92 Å². The zero-order chi connectivity index (χ0) is 11.0. The molecule has 0 aliphatic carbocycles. The number of aromatic nitrogens is 2. The minimum Gasteiger partial charge on any atom is -0.269 e. The summed E-state index contributed by atoms with van der Waals surface area (Å²) in [6, 6.07) is 10.8. The molecule has 1 aromatic carbocycles. The number of hydrogen-bond acceptors (Lipinski definition) is 2. The second-order valence-electron chi connectivity index (χ2n) is 4.20. The van der Waals surface area contributed by atoms with Gasteiger partial charge in [0.15, 0.2) is 0 Å². The summed E-state index contributed by atoms with van der Waals surface area (Å²) in [5.74, 6) is 1.79. The van der Waals surface area contributed by atoms with Crippen LogP contribution in [0.2, 0.25) is 0 Å². The highest BCUT2D eigenvalue weighted by Gasteiger charge is 2.23. The van der Waals surface area contributed by atoms with Crippen molar-refractivity contribution in [3.8, 4) is 0 Å². The van der Waals surface area contributed by atoms with Crippen LogP contribution in [0.1, 0.15) is 17.2 Å². The molecule has 0 bridgehead atoms. The van der Waals surface area contributed by atoms with Crippen molar-refractivity contribution in [3.63, 3.8) is 0 Å². The van der Waals surface area contributed by atoms with Crippen molar-refractivity contribution in [1.29, 1.82) is 0 Å². The summed E-state index contributed by atoms with van der Waals surface area (Å²) in [6.45, 7) is 3.11.